The molecule has 0 unspecified atom stereocenters. The molecule has 1 aliphatic rings. The third-order valence-electron chi connectivity index (χ3n) is 5.02. The van der Waals surface area contributed by atoms with Crippen molar-refractivity contribution in [2.24, 2.45) is 0 Å². The molecule has 152 valence electrons. The molecule has 7 nitrogen and oxygen atoms in total. The van der Waals surface area contributed by atoms with Crippen LogP contribution >= 0.6 is 11.3 Å². The molecule has 2 aromatic heterocycles. The van der Waals surface area contributed by atoms with E-state index in [0.717, 1.165) is 25.7 Å². The summed E-state index contributed by atoms with van der Waals surface area (Å²) in [5, 5.41) is 11.0. The molecule has 0 radical (unpaired) electrons. The van der Waals surface area contributed by atoms with E-state index in [9.17, 15) is 9.59 Å². The number of benzene rings is 1. The number of amides is 2. The minimum Gasteiger partial charge on any atom is -0.348 e. The molecule has 1 fully saturated rings. The van der Waals surface area contributed by atoms with Gasteiger partial charge in [0.2, 0.25) is 0 Å². The van der Waals surface area contributed by atoms with Crippen molar-refractivity contribution < 1.29 is 9.59 Å². The molecule has 0 saturated heterocycles. The average molecular weight is 412 g/mol. The van der Waals surface area contributed by atoms with E-state index in [-0.39, 0.29) is 23.4 Å². The highest BCUT2D eigenvalue weighted by molar-refractivity contribution is 7.22. The Bertz CT molecular complexity index is 1040. The van der Waals surface area contributed by atoms with Gasteiger partial charge in [-0.1, -0.05) is 42.4 Å². The Morgan fingerprint density at radius 1 is 1.10 bits per heavy atom. The second kappa shape index (κ2) is 7.59. The van der Waals surface area contributed by atoms with Crippen molar-refractivity contribution in [2.45, 2.75) is 58.0 Å². The summed E-state index contributed by atoms with van der Waals surface area (Å²) in [6, 6.07) is 9.20. The maximum Gasteiger partial charge on any atom is 0.273 e. The number of thiazole rings is 1. The maximum absolute atomic E-state index is 12.9. The molecule has 0 spiro atoms. The van der Waals surface area contributed by atoms with Crippen molar-refractivity contribution in [1.82, 2.24) is 20.1 Å². The molecule has 1 saturated carbocycles. The Balaban J connectivity index is 1.67. The predicted octanol–water partition coefficient (Wildman–Crippen LogP) is 4.17. The molecular weight excluding hydrogens is 386 g/mol. The lowest BCUT2D eigenvalue weighted by Crippen LogP contribution is -2.33. The van der Waals surface area contributed by atoms with E-state index < -0.39 is 0 Å². The van der Waals surface area contributed by atoms with Gasteiger partial charge < -0.3 is 5.32 Å². The Hall–Kier alpha value is -2.74. The van der Waals surface area contributed by atoms with Crippen molar-refractivity contribution >= 4 is 38.6 Å². The first-order valence-corrected chi connectivity index (χ1v) is 10.7. The van der Waals surface area contributed by atoms with Crippen LogP contribution in [0.4, 0.5) is 5.13 Å². The van der Waals surface area contributed by atoms with Gasteiger partial charge in [0, 0.05) is 11.6 Å². The SMILES string of the molecule is CC(C)(C)n1nc(C(=O)NC2CCCC2)c2sc(NC(=O)c3ccccc3)nc21. The summed E-state index contributed by atoms with van der Waals surface area (Å²) in [6.07, 6.45) is 4.31. The first-order chi connectivity index (χ1) is 13.8. The predicted molar refractivity (Wildman–Crippen MR) is 115 cm³/mol. The molecule has 2 N–H and O–H groups in total. The number of nitrogens with zero attached hydrogens (tertiary/aromatic N) is 3. The van der Waals surface area contributed by atoms with Gasteiger partial charge in [0.15, 0.2) is 16.5 Å². The van der Waals surface area contributed by atoms with Crippen LogP contribution in [-0.4, -0.2) is 32.6 Å². The lowest BCUT2D eigenvalue weighted by molar-refractivity contribution is 0.0932. The van der Waals surface area contributed by atoms with Crippen molar-refractivity contribution in [3.63, 3.8) is 0 Å². The fourth-order valence-electron chi connectivity index (χ4n) is 3.56. The minimum absolute atomic E-state index is 0.172. The summed E-state index contributed by atoms with van der Waals surface area (Å²) in [6.45, 7) is 6.04. The Morgan fingerprint density at radius 2 is 1.79 bits per heavy atom. The molecule has 2 heterocycles. The number of nitrogens with one attached hydrogen (secondary N) is 2. The van der Waals surface area contributed by atoms with Crippen molar-refractivity contribution in [2.75, 3.05) is 5.32 Å². The molecule has 1 aromatic carbocycles. The smallest absolute Gasteiger partial charge is 0.273 e. The first kappa shape index (κ1) is 19.6. The molecule has 2 amide bonds. The van der Waals surface area contributed by atoms with Crippen molar-refractivity contribution in [3.8, 4) is 0 Å². The number of rotatable bonds is 4. The van der Waals surface area contributed by atoms with Gasteiger partial charge in [0.1, 0.15) is 4.70 Å². The Labute approximate surface area is 173 Å². The van der Waals surface area contributed by atoms with Gasteiger partial charge in [0.05, 0.1) is 5.54 Å². The summed E-state index contributed by atoms with van der Waals surface area (Å²) < 4.78 is 2.46. The monoisotopic (exact) mass is 411 g/mol. The van der Waals surface area contributed by atoms with E-state index in [1.54, 1.807) is 16.8 Å². The Kier molecular flexibility index (Phi) is 5.12. The topological polar surface area (TPSA) is 88.9 Å². The summed E-state index contributed by atoms with van der Waals surface area (Å²) in [5.74, 6) is -0.399. The van der Waals surface area contributed by atoms with E-state index in [1.165, 1.54) is 11.3 Å². The second-order valence-corrected chi connectivity index (χ2v) is 9.38. The number of fused-ring (bicyclic) bond motifs is 1. The lowest BCUT2D eigenvalue weighted by atomic mass is 10.1. The fourth-order valence-corrected chi connectivity index (χ4v) is 4.48. The van der Waals surface area contributed by atoms with Gasteiger partial charge in [-0.25, -0.2) is 4.68 Å². The number of anilines is 1. The molecule has 3 aromatic rings. The first-order valence-electron chi connectivity index (χ1n) is 9.90. The maximum atomic E-state index is 12.9. The van der Waals surface area contributed by atoms with Crippen LogP contribution in [0.5, 0.6) is 0 Å². The standard InChI is InChI=1S/C21H25N5O2S/c1-21(2,3)26-17-16(15(25-26)19(28)22-14-11-7-8-12-14)29-20(23-17)24-18(27)13-9-5-4-6-10-13/h4-6,9-10,14H,7-8,11-12H2,1-3H3,(H,22,28)(H,23,24,27). The number of aromatic nitrogens is 3. The van der Waals surface area contributed by atoms with Gasteiger partial charge in [-0.05, 0) is 45.7 Å². The van der Waals surface area contributed by atoms with E-state index in [0.29, 0.717) is 26.7 Å². The van der Waals surface area contributed by atoms with Gasteiger partial charge >= 0.3 is 0 Å². The molecule has 0 aliphatic heterocycles. The Morgan fingerprint density at radius 3 is 2.45 bits per heavy atom. The lowest BCUT2D eigenvalue weighted by Gasteiger charge is -2.19. The summed E-state index contributed by atoms with van der Waals surface area (Å²) >= 11 is 1.28. The summed E-state index contributed by atoms with van der Waals surface area (Å²) in [5.41, 5.74) is 1.20. The fraction of sp³-hybridized carbons (Fsp3) is 0.429. The van der Waals surface area contributed by atoms with Crippen LogP contribution in [0.2, 0.25) is 0 Å². The summed E-state index contributed by atoms with van der Waals surface area (Å²) in [7, 11) is 0. The van der Waals surface area contributed by atoms with Gasteiger partial charge in [-0.15, -0.1) is 0 Å². The van der Waals surface area contributed by atoms with Gasteiger partial charge in [-0.2, -0.15) is 10.1 Å². The highest BCUT2D eigenvalue weighted by Gasteiger charge is 2.28. The van der Waals surface area contributed by atoms with Crippen LogP contribution in [0.25, 0.3) is 10.3 Å². The van der Waals surface area contributed by atoms with E-state index in [1.807, 2.05) is 39.0 Å². The molecule has 0 bridgehead atoms. The van der Waals surface area contributed by atoms with Crippen LogP contribution in [0.15, 0.2) is 30.3 Å². The van der Waals surface area contributed by atoms with Crippen LogP contribution in [0.1, 0.15) is 67.3 Å². The van der Waals surface area contributed by atoms with Crippen LogP contribution in [-0.2, 0) is 5.54 Å². The zero-order valence-corrected chi connectivity index (χ0v) is 17.7. The third-order valence-corrected chi connectivity index (χ3v) is 5.99. The van der Waals surface area contributed by atoms with Gasteiger partial charge in [-0.3, -0.25) is 14.9 Å². The molecule has 8 heteroatoms. The molecule has 1 aliphatic carbocycles. The molecular formula is C21H25N5O2S. The molecule has 4 rings (SSSR count). The van der Waals surface area contributed by atoms with Crippen LogP contribution in [0, 0.1) is 0 Å². The highest BCUT2D eigenvalue weighted by atomic mass is 32.1. The van der Waals surface area contributed by atoms with E-state index in [4.69, 9.17) is 0 Å². The average Bonchev–Trinajstić information content (AvgIpc) is 3.38. The number of hydrogen-bond acceptors (Lipinski definition) is 5. The van der Waals surface area contributed by atoms with Gasteiger partial charge in [0.25, 0.3) is 11.8 Å². The molecule has 0 atom stereocenters. The minimum atomic E-state index is -0.348. The van der Waals surface area contributed by atoms with Crippen LogP contribution in [0.3, 0.4) is 0 Å². The zero-order chi connectivity index (χ0) is 20.6. The highest BCUT2D eigenvalue weighted by Crippen LogP contribution is 2.32. The number of carbonyl (C=O) groups excluding carboxylic acids is 2. The number of hydrogen-bond donors (Lipinski definition) is 2. The quantitative estimate of drug-likeness (QED) is 0.674. The zero-order valence-electron chi connectivity index (χ0n) is 16.9. The molecule has 29 heavy (non-hydrogen) atoms. The van der Waals surface area contributed by atoms with E-state index in [2.05, 4.69) is 20.7 Å². The van der Waals surface area contributed by atoms with Crippen molar-refractivity contribution in [3.05, 3.63) is 41.6 Å². The van der Waals surface area contributed by atoms with Crippen molar-refractivity contribution in [1.29, 1.82) is 0 Å². The third kappa shape index (κ3) is 4.03. The summed E-state index contributed by atoms with van der Waals surface area (Å²) in [4.78, 5) is 30.0. The number of carbonyl (C=O) groups is 2. The normalized spacial score (nSPS) is 15.0. The van der Waals surface area contributed by atoms with E-state index >= 15 is 0 Å². The second-order valence-electron chi connectivity index (χ2n) is 8.38. The van der Waals surface area contributed by atoms with Crippen LogP contribution < -0.4 is 10.6 Å². The largest absolute Gasteiger partial charge is 0.348 e.